The molecule has 1 aromatic rings. The minimum atomic E-state index is -0.397. The standard InChI is InChI=1S/C12H15ClN2O2/c1-2-4-8-7-10(8)14-12-9(13)5-3-6-11(12)15(16)17/h3,5-6,8,10,14H,2,4,7H2,1H3. The first-order valence-electron chi connectivity index (χ1n) is 5.83. The van der Waals surface area contributed by atoms with Gasteiger partial charge in [-0.05, 0) is 24.8 Å². The second-order valence-electron chi connectivity index (χ2n) is 4.43. The predicted molar refractivity (Wildman–Crippen MR) is 68.5 cm³/mol. The van der Waals surface area contributed by atoms with Gasteiger partial charge in [0.25, 0.3) is 5.69 Å². The van der Waals surface area contributed by atoms with E-state index in [4.69, 9.17) is 11.6 Å². The lowest BCUT2D eigenvalue weighted by molar-refractivity contribution is -0.384. The van der Waals surface area contributed by atoms with E-state index in [0.717, 1.165) is 19.3 Å². The van der Waals surface area contributed by atoms with Gasteiger partial charge in [-0.1, -0.05) is 31.0 Å². The Kier molecular flexibility index (Phi) is 3.52. The lowest BCUT2D eigenvalue weighted by Gasteiger charge is -2.08. The van der Waals surface area contributed by atoms with Crippen molar-refractivity contribution in [1.82, 2.24) is 0 Å². The average Bonchev–Trinajstić information content (AvgIpc) is 3.00. The molecule has 2 unspecified atom stereocenters. The van der Waals surface area contributed by atoms with Crippen molar-refractivity contribution < 1.29 is 4.92 Å². The molecule has 0 spiro atoms. The van der Waals surface area contributed by atoms with Gasteiger partial charge in [-0.2, -0.15) is 0 Å². The van der Waals surface area contributed by atoms with Gasteiger partial charge in [-0.25, -0.2) is 0 Å². The van der Waals surface area contributed by atoms with E-state index >= 15 is 0 Å². The largest absolute Gasteiger partial charge is 0.375 e. The number of benzene rings is 1. The number of para-hydroxylation sites is 1. The van der Waals surface area contributed by atoms with Crippen LogP contribution in [0.2, 0.25) is 5.02 Å². The highest BCUT2D eigenvalue weighted by molar-refractivity contribution is 6.33. The third-order valence-corrected chi connectivity index (χ3v) is 3.42. The summed E-state index contributed by atoms with van der Waals surface area (Å²) in [7, 11) is 0. The molecule has 0 heterocycles. The van der Waals surface area contributed by atoms with Crippen molar-refractivity contribution in [1.29, 1.82) is 0 Å². The molecule has 1 aliphatic rings. The minimum absolute atomic E-state index is 0.0552. The average molecular weight is 255 g/mol. The van der Waals surface area contributed by atoms with Crippen molar-refractivity contribution in [2.24, 2.45) is 5.92 Å². The van der Waals surface area contributed by atoms with Gasteiger partial charge in [0.05, 0.1) is 9.95 Å². The number of nitro benzene ring substituents is 1. The fourth-order valence-corrected chi connectivity index (χ4v) is 2.33. The highest BCUT2D eigenvalue weighted by atomic mass is 35.5. The highest BCUT2D eigenvalue weighted by Crippen LogP contribution is 2.41. The van der Waals surface area contributed by atoms with E-state index in [-0.39, 0.29) is 5.69 Å². The van der Waals surface area contributed by atoms with Crippen LogP contribution in [0.5, 0.6) is 0 Å². The van der Waals surface area contributed by atoms with Gasteiger partial charge in [0.15, 0.2) is 0 Å². The van der Waals surface area contributed by atoms with Gasteiger partial charge in [0, 0.05) is 12.1 Å². The zero-order valence-corrected chi connectivity index (χ0v) is 10.4. The second-order valence-corrected chi connectivity index (χ2v) is 4.83. The fourth-order valence-electron chi connectivity index (χ4n) is 2.11. The van der Waals surface area contributed by atoms with Crippen LogP contribution in [0, 0.1) is 16.0 Å². The first-order chi connectivity index (χ1) is 8.13. The van der Waals surface area contributed by atoms with Crippen LogP contribution >= 0.6 is 11.6 Å². The van der Waals surface area contributed by atoms with E-state index in [1.54, 1.807) is 12.1 Å². The topological polar surface area (TPSA) is 55.2 Å². The van der Waals surface area contributed by atoms with Crippen molar-refractivity contribution in [2.75, 3.05) is 5.32 Å². The van der Waals surface area contributed by atoms with E-state index in [1.165, 1.54) is 6.07 Å². The molecule has 2 atom stereocenters. The van der Waals surface area contributed by atoms with E-state index in [2.05, 4.69) is 12.2 Å². The zero-order chi connectivity index (χ0) is 12.4. The molecule has 4 nitrogen and oxygen atoms in total. The van der Waals surface area contributed by atoms with Gasteiger partial charge in [0.1, 0.15) is 5.69 Å². The van der Waals surface area contributed by atoms with Gasteiger partial charge in [-0.3, -0.25) is 10.1 Å². The van der Waals surface area contributed by atoms with Gasteiger partial charge >= 0.3 is 0 Å². The summed E-state index contributed by atoms with van der Waals surface area (Å²) in [5.41, 5.74) is 0.516. The lowest BCUT2D eigenvalue weighted by Crippen LogP contribution is -2.07. The van der Waals surface area contributed by atoms with E-state index < -0.39 is 4.92 Å². The molecular weight excluding hydrogens is 240 g/mol. The van der Waals surface area contributed by atoms with Gasteiger partial charge < -0.3 is 5.32 Å². The quantitative estimate of drug-likeness (QED) is 0.641. The SMILES string of the molecule is CCCC1CC1Nc1c(Cl)cccc1[N+](=O)[O-]. The number of hydrogen-bond donors (Lipinski definition) is 1. The molecule has 1 fully saturated rings. The molecule has 0 saturated heterocycles. The number of hydrogen-bond acceptors (Lipinski definition) is 3. The van der Waals surface area contributed by atoms with Crippen molar-refractivity contribution in [3.05, 3.63) is 33.3 Å². The summed E-state index contributed by atoms with van der Waals surface area (Å²) >= 11 is 6.00. The van der Waals surface area contributed by atoms with Crippen LogP contribution in [0.25, 0.3) is 0 Å². The Morgan fingerprint density at radius 1 is 1.59 bits per heavy atom. The van der Waals surface area contributed by atoms with E-state index in [0.29, 0.717) is 22.7 Å². The molecular formula is C12H15ClN2O2. The van der Waals surface area contributed by atoms with E-state index in [1.807, 2.05) is 0 Å². The summed E-state index contributed by atoms with van der Waals surface area (Å²) in [6.07, 6.45) is 3.39. The summed E-state index contributed by atoms with van der Waals surface area (Å²) in [6.45, 7) is 2.15. The molecule has 0 bridgehead atoms. The molecule has 17 heavy (non-hydrogen) atoms. The summed E-state index contributed by atoms with van der Waals surface area (Å²) in [4.78, 5) is 10.5. The van der Waals surface area contributed by atoms with Crippen LogP contribution in [-0.4, -0.2) is 11.0 Å². The number of rotatable bonds is 5. The predicted octanol–water partition coefficient (Wildman–Crippen LogP) is 3.85. The summed E-state index contributed by atoms with van der Waals surface area (Å²) in [6, 6.07) is 5.09. The molecule has 1 aliphatic carbocycles. The van der Waals surface area contributed by atoms with Crippen LogP contribution in [-0.2, 0) is 0 Å². The van der Waals surface area contributed by atoms with Crippen LogP contribution in [0.4, 0.5) is 11.4 Å². The van der Waals surface area contributed by atoms with E-state index in [9.17, 15) is 10.1 Å². The summed E-state index contributed by atoms with van der Waals surface area (Å²) in [5, 5.41) is 14.5. The smallest absolute Gasteiger partial charge is 0.293 e. The third kappa shape index (κ3) is 2.69. The maximum absolute atomic E-state index is 10.9. The molecule has 0 amide bonds. The Morgan fingerprint density at radius 3 is 3.00 bits per heavy atom. The van der Waals surface area contributed by atoms with Crippen molar-refractivity contribution in [3.8, 4) is 0 Å². The molecule has 5 heteroatoms. The maximum atomic E-state index is 10.9. The number of nitrogens with zero attached hydrogens (tertiary/aromatic N) is 1. The molecule has 0 aromatic heterocycles. The monoisotopic (exact) mass is 254 g/mol. The number of halogens is 1. The molecule has 1 aromatic carbocycles. The Balaban J connectivity index is 2.13. The fraction of sp³-hybridized carbons (Fsp3) is 0.500. The second kappa shape index (κ2) is 4.92. The van der Waals surface area contributed by atoms with Crippen LogP contribution in [0.3, 0.4) is 0 Å². The van der Waals surface area contributed by atoms with Crippen molar-refractivity contribution in [3.63, 3.8) is 0 Å². The normalized spacial score (nSPS) is 22.2. The van der Waals surface area contributed by atoms with Crippen molar-refractivity contribution in [2.45, 2.75) is 32.2 Å². The highest BCUT2D eigenvalue weighted by Gasteiger charge is 2.37. The third-order valence-electron chi connectivity index (χ3n) is 3.10. The van der Waals surface area contributed by atoms with Gasteiger partial charge in [-0.15, -0.1) is 0 Å². The van der Waals surface area contributed by atoms with Crippen molar-refractivity contribution >= 4 is 23.0 Å². The molecule has 0 aliphatic heterocycles. The Hall–Kier alpha value is -1.29. The first kappa shape index (κ1) is 12.2. The Morgan fingerprint density at radius 2 is 2.35 bits per heavy atom. The minimum Gasteiger partial charge on any atom is -0.375 e. The first-order valence-corrected chi connectivity index (χ1v) is 6.20. The Labute approximate surface area is 105 Å². The lowest BCUT2D eigenvalue weighted by atomic mass is 10.2. The maximum Gasteiger partial charge on any atom is 0.293 e. The van der Waals surface area contributed by atoms with Crippen LogP contribution in [0.15, 0.2) is 18.2 Å². The molecule has 2 rings (SSSR count). The Bertz CT molecular complexity index is 437. The van der Waals surface area contributed by atoms with Crippen LogP contribution in [0.1, 0.15) is 26.2 Å². The molecule has 1 N–H and O–H groups in total. The van der Waals surface area contributed by atoms with Gasteiger partial charge in [0.2, 0.25) is 0 Å². The summed E-state index contributed by atoms with van der Waals surface area (Å²) in [5.74, 6) is 0.635. The number of nitro groups is 1. The summed E-state index contributed by atoms with van der Waals surface area (Å²) < 4.78 is 0. The number of anilines is 1. The molecule has 0 radical (unpaired) electrons. The van der Waals surface area contributed by atoms with Crippen LogP contribution < -0.4 is 5.32 Å². The molecule has 92 valence electrons. The zero-order valence-electron chi connectivity index (χ0n) is 9.65. The number of nitrogens with one attached hydrogen (secondary N) is 1. The molecule has 1 saturated carbocycles.